The summed E-state index contributed by atoms with van der Waals surface area (Å²) in [5.41, 5.74) is 4.44. The van der Waals surface area contributed by atoms with Crippen LogP contribution in [0.25, 0.3) is 10.2 Å². The molecular weight excluding hydrogens is 320 g/mol. The zero-order chi connectivity index (χ0) is 17.1. The number of fused-ring (bicyclic) bond motifs is 1. The van der Waals surface area contributed by atoms with Crippen LogP contribution in [-0.4, -0.2) is 17.5 Å². The Labute approximate surface area is 145 Å². The number of benzene rings is 2. The summed E-state index contributed by atoms with van der Waals surface area (Å²) in [6.45, 7) is 6.15. The number of ether oxygens (including phenoxy) is 1. The number of anilines is 1. The lowest BCUT2D eigenvalue weighted by Gasteiger charge is -2.07. The van der Waals surface area contributed by atoms with Crippen molar-refractivity contribution in [1.82, 2.24) is 4.98 Å². The number of hydrogen-bond donors (Lipinski definition) is 1. The predicted octanol–water partition coefficient (Wildman–Crippen LogP) is 4.49. The monoisotopic (exact) mass is 340 g/mol. The second-order valence-electron chi connectivity index (χ2n) is 5.79. The average Bonchev–Trinajstić information content (AvgIpc) is 2.95. The lowest BCUT2D eigenvalue weighted by atomic mass is 10.1. The quantitative estimate of drug-likeness (QED) is 0.744. The first-order valence-corrected chi connectivity index (χ1v) is 8.76. The van der Waals surface area contributed by atoms with E-state index in [0.29, 0.717) is 10.9 Å². The average molecular weight is 340 g/mol. The molecule has 4 nitrogen and oxygen atoms in total. The fourth-order valence-electron chi connectivity index (χ4n) is 2.58. The van der Waals surface area contributed by atoms with Crippen molar-refractivity contribution in [1.29, 1.82) is 0 Å². The Kier molecular flexibility index (Phi) is 4.81. The van der Waals surface area contributed by atoms with Crippen molar-refractivity contribution < 1.29 is 9.53 Å². The highest BCUT2D eigenvalue weighted by Gasteiger charge is 2.10. The third-order valence-corrected chi connectivity index (χ3v) is 4.67. The van der Waals surface area contributed by atoms with Crippen molar-refractivity contribution in [3.63, 3.8) is 0 Å². The Morgan fingerprint density at radius 3 is 2.88 bits per heavy atom. The third-order valence-electron chi connectivity index (χ3n) is 3.75. The number of aryl methyl sites for hydroxylation is 3. The lowest BCUT2D eigenvalue weighted by Crippen LogP contribution is -2.20. The molecule has 0 spiro atoms. The molecule has 24 heavy (non-hydrogen) atoms. The smallest absolute Gasteiger partial charge is 0.264 e. The number of amides is 1. The van der Waals surface area contributed by atoms with Crippen LogP contribution in [0.3, 0.4) is 0 Å². The predicted molar refractivity (Wildman–Crippen MR) is 99.0 cm³/mol. The second-order valence-corrected chi connectivity index (χ2v) is 6.82. The van der Waals surface area contributed by atoms with Gasteiger partial charge in [-0.3, -0.25) is 10.1 Å². The number of hydrogen-bond acceptors (Lipinski definition) is 4. The van der Waals surface area contributed by atoms with E-state index in [1.807, 2.05) is 31.2 Å². The van der Waals surface area contributed by atoms with Crippen molar-refractivity contribution in [2.45, 2.75) is 27.2 Å². The van der Waals surface area contributed by atoms with Gasteiger partial charge in [0, 0.05) is 0 Å². The molecule has 3 rings (SSSR count). The Bertz CT molecular complexity index is 886. The summed E-state index contributed by atoms with van der Waals surface area (Å²) in [7, 11) is 0. The second kappa shape index (κ2) is 7.01. The zero-order valence-corrected chi connectivity index (χ0v) is 14.9. The first-order valence-electron chi connectivity index (χ1n) is 7.94. The van der Waals surface area contributed by atoms with E-state index in [1.165, 1.54) is 22.5 Å². The molecule has 0 atom stereocenters. The molecule has 0 saturated carbocycles. The molecule has 0 unspecified atom stereocenters. The first kappa shape index (κ1) is 16.5. The highest BCUT2D eigenvalue weighted by Crippen LogP contribution is 2.29. The highest BCUT2D eigenvalue weighted by molar-refractivity contribution is 7.22. The number of carbonyl (C=O) groups excluding carboxylic acids is 1. The van der Waals surface area contributed by atoms with Gasteiger partial charge in [0.1, 0.15) is 5.75 Å². The topological polar surface area (TPSA) is 51.2 Å². The van der Waals surface area contributed by atoms with Crippen LogP contribution in [0.15, 0.2) is 36.4 Å². The molecule has 0 aliphatic rings. The van der Waals surface area contributed by atoms with E-state index in [9.17, 15) is 4.79 Å². The molecule has 1 amide bonds. The van der Waals surface area contributed by atoms with Crippen molar-refractivity contribution in [3.8, 4) is 5.75 Å². The summed E-state index contributed by atoms with van der Waals surface area (Å²) in [6.07, 6.45) is 0.938. The van der Waals surface area contributed by atoms with Gasteiger partial charge in [0.15, 0.2) is 11.7 Å². The van der Waals surface area contributed by atoms with Gasteiger partial charge in [0.25, 0.3) is 5.91 Å². The molecule has 124 valence electrons. The van der Waals surface area contributed by atoms with Crippen LogP contribution in [0.1, 0.15) is 23.6 Å². The minimum Gasteiger partial charge on any atom is -0.484 e. The maximum absolute atomic E-state index is 12.1. The molecule has 0 fully saturated rings. The summed E-state index contributed by atoms with van der Waals surface area (Å²) in [5.74, 6) is 0.505. The Morgan fingerprint density at radius 1 is 1.25 bits per heavy atom. The van der Waals surface area contributed by atoms with Gasteiger partial charge >= 0.3 is 0 Å². The largest absolute Gasteiger partial charge is 0.484 e. The summed E-state index contributed by atoms with van der Waals surface area (Å²) in [6, 6.07) is 12.0. The summed E-state index contributed by atoms with van der Waals surface area (Å²) in [4.78, 5) is 16.6. The third kappa shape index (κ3) is 3.74. The normalized spacial score (nSPS) is 10.8. The van der Waals surface area contributed by atoms with Gasteiger partial charge in [-0.1, -0.05) is 36.5 Å². The summed E-state index contributed by atoms with van der Waals surface area (Å²) >= 11 is 1.48. The van der Waals surface area contributed by atoms with Crippen LogP contribution < -0.4 is 10.1 Å². The number of rotatable bonds is 5. The number of nitrogens with zero attached hydrogens (tertiary/aromatic N) is 1. The summed E-state index contributed by atoms with van der Waals surface area (Å²) < 4.78 is 6.65. The van der Waals surface area contributed by atoms with E-state index >= 15 is 0 Å². The molecule has 1 aromatic heterocycles. The van der Waals surface area contributed by atoms with E-state index in [0.717, 1.165) is 22.2 Å². The number of carbonyl (C=O) groups is 1. The molecule has 1 N–H and O–H groups in total. The Morgan fingerprint density at radius 2 is 2.08 bits per heavy atom. The van der Waals surface area contributed by atoms with Crippen LogP contribution >= 0.6 is 11.3 Å². The standard InChI is InChI=1S/C19H20N2O2S/c1-4-14-6-5-7-15(10-14)23-11-17(22)20-19-21-18-13(3)8-12(2)9-16(18)24-19/h5-10H,4,11H2,1-3H3,(H,20,21,22). The van der Waals surface area contributed by atoms with Crippen molar-refractivity contribution in [3.05, 3.63) is 53.1 Å². The van der Waals surface area contributed by atoms with Crippen LogP contribution in [0.2, 0.25) is 0 Å². The Hall–Kier alpha value is -2.40. The van der Waals surface area contributed by atoms with E-state index in [-0.39, 0.29) is 12.5 Å². The zero-order valence-electron chi connectivity index (χ0n) is 14.1. The number of nitrogens with one attached hydrogen (secondary N) is 1. The van der Waals surface area contributed by atoms with Gasteiger partial charge in [-0.2, -0.15) is 0 Å². The molecule has 5 heteroatoms. The molecule has 0 radical (unpaired) electrons. The van der Waals surface area contributed by atoms with Crippen molar-refractivity contribution in [2.75, 3.05) is 11.9 Å². The van der Waals surface area contributed by atoms with Gasteiger partial charge in [-0.25, -0.2) is 4.98 Å². The fraction of sp³-hybridized carbons (Fsp3) is 0.263. The van der Waals surface area contributed by atoms with Crippen molar-refractivity contribution >= 4 is 32.6 Å². The molecule has 0 aliphatic carbocycles. The van der Waals surface area contributed by atoms with E-state index in [4.69, 9.17) is 4.74 Å². The van der Waals surface area contributed by atoms with Crippen LogP contribution in [0, 0.1) is 13.8 Å². The lowest BCUT2D eigenvalue weighted by molar-refractivity contribution is -0.118. The molecule has 0 bridgehead atoms. The van der Waals surface area contributed by atoms with Gasteiger partial charge in [-0.15, -0.1) is 0 Å². The molecule has 3 aromatic rings. The minimum atomic E-state index is -0.203. The Balaban J connectivity index is 1.65. The maximum Gasteiger partial charge on any atom is 0.264 e. The SMILES string of the molecule is CCc1cccc(OCC(=O)Nc2nc3c(C)cc(C)cc3s2)c1. The maximum atomic E-state index is 12.1. The molecule has 1 heterocycles. The first-order chi connectivity index (χ1) is 11.5. The number of thiazole rings is 1. The van der Waals surface area contributed by atoms with Gasteiger partial charge in [-0.05, 0) is 55.2 Å². The molecule has 2 aromatic carbocycles. The van der Waals surface area contributed by atoms with E-state index < -0.39 is 0 Å². The number of aromatic nitrogens is 1. The van der Waals surface area contributed by atoms with Gasteiger partial charge in [0.05, 0.1) is 10.2 Å². The van der Waals surface area contributed by atoms with Crippen LogP contribution in [-0.2, 0) is 11.2 Å². The van der Waals surface area contributed by atoms with Crippen LogP contribution in [0.4, 0.5) is 5.13 Å². The van der Waals surface area contributed by atoms with E-state index in [1.54, 1.807) is 0 Å². The highest BCUT2D eigenvalue weighted by atomic mass is 32.1. The summed E-state index contributed by atoms with van der Waals surface area (Å²) in [5, 5.41) is 3.43. The van der Waals surface area contributed by atoms with Crippen molar-refractivity contribution in [2.24, 2.45) is 0 Å². The van der Waals surface area contributed by atoms with Crippen LogP contribution in [0.5, 0.6) is 5.75 Å². The van der Waals surface area contributed by atoms with Gasteiger partial charge < -0.3 is 4.74 Å². The molecule has 0 saturated heterocycles. The molecular formula is C19H20N2O2S. The fourth-order valence-corrected chi connectivity index (χ4v) is 3.64. The minimum absolute atomic E-state index is 0.0267. The van der Waals surface area contributed by atoms with Gasteiger partial charge in [0.2, 0.25) is 0 Å². The van der Waals surface area contributed by atoms with E-state index in [2.05, 4.69) is 36.3 Å². The molecule has 0 aliphatic heterocycles.